The number of benzene rings is 2. The van der Waals surface area contributed by atoms with Crippen LogP contribution in [-0.2, 0) is 19.0 Å². The molecule has 8 nitrogen and oxygen atoms in total. The normalized spacial score (nSPS) is 24.8. The molecule has 0 saturated carbocycles. The van der Waals surface area contributed by atoms with Gasteiger partial charge in [-0.2, -0.15) is 0 Å². The van der Waals surface area contributed by atoms with E-state index in [-0.39, 0.29) is 11.1 Å². The van der Waals surface area contributed by atoms with Crippen LogP contribution in [0.1, 0.15) is 27.6 Å². The van der Waals surface area contributed by atoms with Crippen molar-refractivity contribution in [2.75, 3.05) is 6.61 Å². The van der Waals surface area contributed by atoms with Crippen LogP contribution in [0.3, 0.4) is 0 Å². The summed E-state index contributed by atoms with van der Waals surface area (Å²) >= 11 is 0. The van der Waals surface area contributed by atoms with E-state index in [9.17, 15) is 24.6 Å². The highest BCUT2D eigenvalue weighted by molar-refractivity contribution is 5.90. The summed E-state index contributed by atoms with van der Waals surface area (Å²) in [4.78, 5) is 36.1. The Morgan fingerprint density at radius 3 is 1.90 bits per heavy atom. The lowest BCUT2D eigenvalue weighted by atomic mass is 9.82. The molecule has 2 aromatic rings. The van der Waals surface area contributed by atoms with Gasteiger partial charge in [0.15, 0.2) is 11.7 Å². The van der Waals surface area contributed by atoms with Gasteiger partial charge in [0.05, 0.1) is 11.1 Å². The van der Waals surface area contributed by atoms with Crippen molar-refractivity contribution in [1.29, 1.82) is 0 Å². The molecular weight excluding hydrogens is 404 g/mol. The number of aliphatic hydroxyl groups excluding tert-OH is 1. The lowest BCUT2D eigenvalue weighted by molar-refractivity contribution is -0.195. The monoisotopic (exact) mass is 426 g/mol. The highest BCUT2D eigenvalue weighted by atomic mass is 16.6. The van der Waals surface area contributed by atoms with Gasteiger partial charge in [0.1, 0.15) is 18.8 Å². The zero-order valence-corrected chi connectivity index (χ0v) is 16.7. The summed E-state index contributed by atoms with van der Waals surface area (Å²) in [5.74, 6) is -2.17. The van der Waals surface area contributed by atoms with Crippen molar-refractivity contribution in [2.45, 2.75) is 30.8 Å². The summed E-state index contributed by atoms with van der Waals surface area (Å²) in [7, 11) is 0. The van der Waals surface area contributed by atoms with E-state index in [2.05, 4.69) is 0 Å². The standard InChI is InChI=1S/C23H22O8/c1-15(24)29-14-23(28)19(31-22(27)17-10-6-3-7-11-17)13-12-18(20(23)25)30-21(26)16-8-4-2-5-9-16/h2-13,18-20,25,28H,14H2,1H3. The van der Waals surface area contributed by atoms with Crippen molar-refractivity contribution in [3.8, 4) is 0 Å². The Bertz CT molecular complexity index is 956. The summed E-state index contributed by atoms with van der Waals surface area (Å²) < 4.78 is 15.6. The van der Waals surface area contributed by atoms with E-state index >= 15 is 0 Å². The number of hydrogen-bond acceptors (Lipinski definition) is 8. The topological polar surface area (TPSA) is 119 Å². The minimum absolute atomic E-state index is 0.234. The second kappa shape index (κ2) is 9.55. The maximum Gasteiger partial charge on any atom is 0.338 e. The zero-order chi connectivity index (χ0) is 22.4. The van der Waals surface area contributed by atoms with Gasteiger partial charge in [-0.25, -0.2) is 9.59 Å². The molecule has 4 atom stereocenters. The Morgan fingerprint density at radius 1 is 0.871 bits per heavy atom. The smallest absolute Gasteiger partial charge is 0.338 e. The molecule has 31 heavy (non-hydrogen) atoms. The van der Waals surface area contributed by atoms with Crippen molar-refractivity contribution in [2.24, 2.45) is 0 Å². The first-order chi connectivity index (χ1) is 14.8. The fourth-order valence-electron chi connectivity index (χ4n) is 3.09. The SMILES string of the molecule is CC(=O)OCC1(O)C(OC(=O)c2ccccc2)C=CC(OC(=O)c2ccccc2)C1O. The third-order valence-corrected chi connectivity index (χ3v) is 4.79. The third-order valence-electron chi connectivity index (χ3n) is 4.79. The first-order valence-corrected chi connectivity index (χ1v) is 9.55. The first-order valence-electron chi connectivity index (χ1n) is 9.55. The second-order valence-electron chi connectivity index (χ2n) is 7.03. The molecule has 0 fully saturated rings. The quantitative estimate of drug-likeness (QED) is 0.407. The van der Waals surface area contributed by atoms with Crippen LogP contribution >= 0.6 is 0 Å². The van der Waals surface area contributed by atoms with Gasteiger partial charge in [0.2, 0.25) is 0 Å². The highest BCUT2D eigenvalue weighted by Crippen LogP contribution is 2.30. The molecule has 2 N–H and O–H groups in total. The summed E-state index contributed by atoms with van der Waals surface area (Å²) in [6.07, 6.45) is -1.75. The van der Waals surface area contributed by atoms with Gasteiger partial charge in [-0.3, -0.25) is 4.79 Å². The fourth-order valence-corrected chi connectivity index (χ4v) is 3.09. The molecule has 4 unspecified atom stereocenters. The van der Waals surface area contributed by atoms with E-state index in [1.54, 1.807) is 36.4 Å². The van der Waals surface area contributed by atoms with Crippen molar-refractivity contribution in [3.05, 3.63) is 83.9 Å². The van der Waals surface area contributed by atoms with Crippen LogP contribution in [0.4, 0.5) is 0 Å². The molecule has 0 aliphatic heterocycles. The Morgan fingerprint density at radius 2 is 1.39 bits per heavy atom. The molecule has 2 aromatic carbocycles. The zero-order valence-electron chi connectivity index (χ0n) is 16.7. The molecule has 0 amide bonds. The molecular formula is C23H22O8. The number of esters is 3. The first kappa shape index (κ1) is 22.2. The van der Waals surface area contributed by atoms with E-state index in [0.29, 0.717) is 0 Å². The van der Waals surface area contributed by atoms with Crippen molar-refractivity contribution < 1.29 is 38.8 Å². The summed E-state index contributed by atoms with van der Waals surface area (Å²) in [5, 5.41) is 21.9. The number of aliphatic hydroxyl groups is 2. The van der Waals surface area contributed by atoms with Crippen LogP contribution in [0.5, 0.6) is 0 Å². The molecule has 0 heterocycles. The Balaban J connectivity index is 1.82. The van der Waals surface area contributed by atoms with Crippen molar-refractivity contribution in [3.63, 3.8) is 0 Å². The molecule has 1 aliphatic carbocycles. The molecule has 8 heteroatoms. The summed E-state index contributed by atoms with van der Waals surface area (Å²) in [6.45, 7) is 0.451. The van der Waals surface area contributed by atoms with Crippen molar-refractivity contribution in [1.82, 2.24) is 0 Å². The maximum absolute atomic E-state index is 12.4. The maximum atomic E-state index is 12.4. The molecule has 0 aromatic heterocycles. The molecule has 0 radical (unpaired) electrons. The van der Waals surface area contributed by atoms with Gasteiger partial charge < -0.3 is 24.4 Å². The number of carbonyl (C=O) groups excluding carboxylic acids is 3. The number of carbonyl (C=O) groups is 3. The molecule has 0 spiro atoms. The van der Waals surface area contributed by atoms with Crippen LogP contribution in [-0.4, -0.2) is 58.6 Å². The molecule has 162 valence electrons. The lowest BCUT2D eigenvalue weighted by Gasteiger charge is -2.42. The number of hydrogen-bond donors (Lipinski definition) is 2. The van der Waals surface area contributed by atoms with Gasteiger partial charge in [-0.1, -0.05) is 36.4 Å². The molecule has 1 aliphatic rings. The van der Waals surface area contributed by atoms with Crippen LogP contribution in [0.2, 0.25) is 0 Å². The second-order valence-corrected chi connectivity index (χ2v) is 7.03. The van der Waals surface area contributed by atoms with Crippen LogP contribution < -0.4 is 0 Å². The predicted molar refractivity (Wildman–Crippen MR) is 108 cm³/mol. The molecule has 3 rings (SSSR count). The van der Waals surface area contributed by atoms with Gasteiger partial charge in [0.25, 0.3) is 0 Å². The minimum Gasteiger partial charge on any atom is -0.463 e. The van der Waals surface area contributed by atoms with E-state index in [1.807, 2.05) is 0 Å². The largest absolute Gasteiger partial charge is 0.463 e. The predicted octanol–water partition coefficient (Wildman–Crippen LogP) is 1.66. The summed E-state index contributed by atoms with van der Waals surface area (Å²) in [6, 6.07) is 16.2. The Labute approximate surface area is 178 Å². The Kier molecular flexibility index (Phi) is 6.84. The van der Waals surface area contributed by atoms with Crippen molar-refractivity contribution >= 4 is 17.9 Å². The molecule has 0 bridgehead atoms. The summed E-state index contributed by atoms with van der Waals surface area (Å²) in [5.41, 5.74) is -1.76. The van der Waals surface area contributed by atoms with Gasteiger partial charge >= 0.3 is 17.9 Å². The number of ether oxygens (including phenoxy) is 3. The minimum atomic E-state index is -2.24. The van der Waals surface area contributed by atoms with Gasteiger partial charge in [0, 0.05) is 6.92 Å². The van der Waals surface area contributed by atoms with Crippen LogP contribution in [0.25, 0.3) is 0 Å². The van der Waals surface area contributed by atoms with Gasteiger partial charge in [-0.05, 0) is 36.4 Å². The van der Waals surface area contributed by atoms with Gasteiger partial charge in [-0.15, -0.1) is 0 Å². The average molecular weight is 426 g/mol. The van der Waals surface area contributed by atoms with Crippen LogP contribution in [0.15, 0.2) is 72.8 Å². The van der Waals surface area contributed by atoms with E-state index in [0.717, 1.165) is 6.92 Å². The van der Waals surface area contributed by atoms with Crippen LogP contribution in [0, 0.1) is 0 Å². The average Bonchev–Trinajstić information content (AvgIpc) is 2.78. The number of rotatable bonds is 6. The fraction of sp³-hybridized carbons (Fsp3) is 0.261. The van der Waals surface area contributed by atoms with E-state index in [4.69, 9.17) is 14.2 Å². The van der Waals surface area contributed by atoms with E-state index < -0.39 is 48.4 Å². The van der Waals surface area contributed by atoms with E-state index in [1.165, 1.54) is 36.4 Å². The molecule has 0 saturated heterocycles. The Hall–Kier alpha value is -3.49. The third kappa shape index (κ3) is 5.17. The lowest BCUT2D eigenvalue weighted by Crippen LogP contribution is -2.62. The highest BCUT2D eigenvalue weighted by Gasteiger charge is 2.52.